The van der Waals surface area contributed by atoms with Gasteiger partial charge in [-0.1, -0.05) is 0 Å². The molecule has 1 atom stereocenters. The fourth-order valence-corrected chi connectivity index (χ4v) is 4.80. The first-order valence-electron chi connectivity index (χ1n) is 5.59. The van der Waals surface area contributed by atoms with Gasteiger partial charge in [0.05, 0.1) is 0 Å². The summed E-state index contributed by atoms with van der Waals surface area (Å²) in [4.78, 5) is 1.94. The Kier molecular flexibility index (Phi) is 2.76. The van der Waals surface area contributed by atoms with Gasteiger partial charge in [0.25, 0.3) is 0 Å². The summed E-state index contributed by atoms with van der Waals surface area (Å²) in [5, 5.41) is 2.31. The Bertz CT molecular complexity index is 686. The number of benzene rings is 2. The van der Waals surface area contributed by atoms with Gasteiger partial charge in [0.15, 0.2) is 0 Å². The van der Waals surface area contributed by atoms with Crippen LogP contribution in [-0.4, -0.2) is 13.8 Å². The summed E-state index contributed by atoms with van der Waals surface area (Å²) in [7, 11) is 0. The molecule has 2 aromatic carbocycles. The second-order valence-electron chi connectivity index (χ2n) is 4.09. The Morgan fingerprint density at radius 1 is 0.882 bits per heavy atom. The van der Waals surface area contributed by atoms with Gasteiger partial charge in [-0.2, -0.15) is 0 Å². The number of fused-ring (bicyclic) bond motifs is 1. The molecular formula is C15H12OSe. The quantitative estimate of drug-likeness (QED) is 0.763. The van der Waals surface area contributed by atoms with Crippen molar-refractivity contribution >= 4 is 23.3 Å². The van der Waals surface area contributed by atoms with Crippen LogP contribution in [0.1, 0.15) is 5.56 Å². The zero-order valence-corrected chi connectivity index (χ0v) is 11.0. The molecular weight excluding hydrogens is 275 g/mol. The van der Waals surface area contributed by atoms with Crippen LogP contribution in [-0.2, 0) is 10.3 Å². The summed E-state index contributed by atoms with van der Waals surface area (Å²) in [6, 6.07) is 18.4. The van der Waals surface area contributed by atoms with Crippen molar-refractivity contribution in [3.63, 3.8) is 0 Å². The van der Waals surface area contributed by atoms with E-state index in [-0.39, 0.29) is 0 Å². The molecule has 1 nitrogen and oxygen atoms in total. The fraction of sp³-hybridized carbons (Fsp3) is 0.0667. The van der Waals surface area contributed by atoms with Crippen LogP contribution >= 0.6 is 0 Å². The van der Waals surface area contributed by atoms with Crippen LogP contribution in [0.4, 0.5) is 0 Å². The van der Waals surface area contributed by atoms with Gasteiger partial charge < -0.3 is 0 Å². The van der Waals surface area contributed by atoms with Gasteiger partial charge in [0.1, 0.15) is 0 Å². The molecule has 1 aliphatic rings. The molecule has 0 radical (unpaired) electrons. The molecule has 0 bridgehead atoms. The fourth-order valence-electron chi connectivity index (χ4n) is 2.10. The predicted octanol–water partition coefficient (Wildman–Crippen LogP) is 1.37. The van der Waals surface area contributed by atoms with Gasteiger partial charge in [-0.05, 0) is 0 Å². The second kappa shape index (κ2) is 4.40. The van der Waals surface area contributed by atoms with Crippen molar-refractivity contribution in [3.05, 3.63) is 70.6 Å². The topological polar surface area (TPSA) is 17.1 Å². The minimum atomic E-state index is -1.94. The van der Waals surface area contributed by atoms with Crippen LogP contribution in [0, 0.1) is 0 Å². The van der Waals surface area contributed by atoms with Gasteiger partial charge >= 0.3 is 104 Å². The molecule has 0 saturated carbocycles. The van der Waals surface area contributed by atoms with Crippen molar-refractivity contribution in [2.24, 2.45) is 0 Å². The van der Waals surface area contributed by atoms with Crippen molar-refractivity contribution in [2.45, 2.75) is 6.42 Å². The summed E-state index contributed by atoms with van der Waals surface area (Å²) in [6.45, 7) is 0. The first-order valence-corrected chi connectivity index (χ1v) is 8.14. The van der Waals surface area contributed by atoms with E-state index in [1.54, 1.807) is 0 Å². The van der Waals surface area contributed by atoms with Crippen molar-refractivity contribution < 1.29 is 3.83 Å². The molecule has 0 aromatic heterocycles. The third kappa shape index (κ3) is 2.02. The van der Waals surface area contributed by atoms with Crippen molar-refractivity contribution in [1.82, 2.24) is 0 Å². The monoisotopic (exact) mass is 288 g/mol. The summed E-state index contributed by atoms with van der Waals surface area (Å²) in [5.74, 6) is 0. The Morgan fingerprint density at radius 3 is 2.41 bits per heavy atom. The zero-order chi connectivity index (χ0) is 11.7. The maximum absolute atomic E-state index is 12.2. The zero-order valence-electron chi connectivity index (χ0n) is 9.30. The van der Waals surface area contributed by atoms with Crippen molar-refractivity contribution in [2.75, 3.05) is 0 Å². The average molecular weight is 287 g/mol. The predicted molar refractivity (Wildman–Crippen MR) is 70.2 cm³/mol. The first-order chi connectivity index (χ1) is 8.34. The van der Waals surface area contributed by atoms with Crippen molar-refractivity contribution in [3.8, 4) is 0 Å². The normalized spacial score (nSPS) is 17.6. The first kappa shape index (κ1) is 10.6. The molecule has 0 amide bonds. The van der Waals surface area contributed by atoms with E-state index < -0.39 is 13.8 Å². The summed E-state index contributed by atoms with van der Waals surface area (Å²) in [5.41, 5.74) is 1.23. The number of rotatable bonds is 2. The molecule has 17 heavy (non-hydrogen) atoms. The molecule has 0 N–H and O–H groups in total. The molecule has 0 fully saturated rings. The molecule has 84 valence electrons. The summed E-state index contributed by atoms with van der Waals surface area (Å²) >= 11 is -1.94. The van der Waals surface area contributed by atoms with Crippen LogP contribution in [0.25, 0.3) is 9.45 Å². The van der Waals surface area contributed by atoms with Crippen LogP contribution < -0.4 is 10.4 Å². The Morgan fingerprint density at radius 2 is 1.59 bits per heavy atom. The third-order valence-electron chi connectivity index (χ3n) is 2.95. The molecule has 0 spiro atoms. The average Bonchev–Trinajstić information content (AvgIpc) is 2.68. The third-order valence-corrected chi connectivity index (χ3v) is 5.71. The van der Waals surface area contributed by atoms with Crippen LogP contribution in [0.3, 0.4) is 0 Å². The summed E-state index contributed by atoms with van der Waals surface area (Å²) in [6.07, 6.45) is 0.808. The Labute approximate surface area is 104 Å². The molecule has 0 aliphatic carbocycles. The molecule has 1 aliphatic heterocycles. The maximum atomic E-state index is 12.2. The van der Waals surface area contributed by atoms with Gasteiger partial charge in [0.2, 0.25) is 0 Å². The van der Waals surface area contributed by atoms with E-state index in [2.05, 4.69) is 18.2 Å². The molecule has 2 heteroatoms. The van der Waals surface area contributed by atoms with Crippen LogP contribution in [0.2, 0.25) is 0 Å². The van der Waals surface area contributed by atoms with E-state index in [4.69, 9.17) is 0 Å². The Hall–Kier alpha value is -1.50. The molecule has 0 saturated heterocycles. The Balaban J connectivity index is 2.11. The summed E-state index contributed by atoms with van der Waals surface area (Å²) < 4.78 is 13.3. The van der Waals surface area contributed by atoms with E-state index in [1.807, 2.05) is 41.4 Å². The van der Waals surface area contributed by atoms with Gasteiger partial charge in [-0.15, -0.1) is 0 Å². The SMILES string of the molecule is O=[Se]1C=c2ccccc2=C1Cc1ccccc1. The van der Waals surface area contributed by atoms with Crippen LogP contribution in [0.5, 0.6) is 0 Å². The van der Waals surface area contributed by atoms with E-state index in [1.165, 1.54) is 10.8 Å². The standard InChI is InChI=1S/C15H12OSe/c16-17-11-13-8-4-5-9-14(13)15(17)10-12-6-2-1-3-7-12/h1-9,11H,10H2. The van der Waals surface area contributed by atoms with Gasteiger partial charge in [-0.3, -0.25) is 0 Å². The number of hydrogen-bond acceptors (Lipinski definition) is 1. The van der Waals surface area contributed by atoms with Gasteiger partial charge in [0, 0.05) is 0 Å². The number of hydrogen-bond donors (Lipinski definition) is 0. The van der Waals surface area contributed by atoms with Crippen molar-refractivity contribution in [1.29, 1.82) is 0 Å². The molecule has 1 heterocycles. The van der Waals surface area contributed by atoms with E-state index in [0.717, 1.165) is 16.1 Å². The molecule has 2 aromatic rings. The van der Waals surface area contributed by atoms with Gasteiger partial charge in [-0.25, -0.2) is 0 Å². The minimum absolute atomic E-state index is 0.808. The molecule has 3 rings (SSSR count). The van der Waals surface area contributed by atoms with E-state index in [9.17, 15) is 3.83 Å². The van der Waals surface area contributed by atoms with E-state index >= 15 is 0 Å². The molecule has 1 unspecified atom stereocenters. The van der Waals surface area contributed by atoms with E-state index in [0.29, 0.717) is 0 Å². The van der Waals surface area contributed by atoms with Crippen LogP contribution in [0.15, 0.2) is 54.6 Å². The second-order valence-corrected chi connectivity index (χ2v) is 6.86.